The normalized spacial score (nSPS) is 10.2. The fourth-order valence-corrected chi connectivity index (χ4v) is 1.56. The Hall–Kier alpha value is -2.50. The number of benzene rings is 1. The Bertz CT molecular complexity index is 592. The molecule has 6 heteroatoms. The first-order chi connectivity index (χ1) is 9.10. The molecule has 0 aliphatic carbocycles. The molecule has 0 aliphatic heterocycles. The van der Waals surface area contributed by atoms with Crippen LogP contribution in [0, 0.1) is 6.92 Å². The molecule has 0 fully saturated rings. The second-order valence-corrected chi connectivity index (χ2v) is 3.93. The van der Waals surface area contributed by atoms with Gasteiger partial charge in [-0.2, -0.15) is 0 Å². The van der Waals surface area contributed by atoms with E-state index >= 15 is 0 Å². The van der Waals surface area contributed by atoms with Crippen LogP contribution in [0.5, 0.6) is 11.5 Å². The van der Waals surface area contributed by atoms with Crippen molar-refractivity contribution in [2.45, 2.75) is 13.5 Å². The predicted octanol–water partition coefficient (Wildman–Crippen LogP) is 1.63. The largest absolute Gasteiger partial charge is 0.507 e. The molecule has 19 heavy (non-hydrogen) atoms. The SMILES string of the molecule is COc1ccc(O)c(C(=O)NCc2ncc(C)o2)c1. The van der Waals surface area contributed by atoms with Crippen molar-refractivity contribution in [3.8, 4) is 11.5 Å². The van der Waals surface area contributed by atoms with Crippen LogP contribution in [-0.4, -0.2) is 23.1 Å². The molecule has 0 atom stereocenters. The maximum atomic E-state index is 11.9. The Balaban J connectivity index is 2.07. The zero-order chi connectivity index (χ0) is 13.8. The summed E-state index contributed by atoms with van der Waals surface area (Å²) in [5.41, 5.74) is 0.141. The highest BCUT2D eigenvalue weighted by atomic mass is 16.5. The van der Waals surface area contributed by atoms with Gasteiger partial charge in [-0.25, -0.2) is 4.98 Å². The molecule has 0 saturated heterocycles. The quantitative estimate of drug-likeness (QED) is 0.874. The van der Waals surface area contributed by atoms with E-state index in [0.717, 1.165) is 0 Å². The highest BCUT2D eigenvalue weighted by Crippen LogP contribution is 2.22. The number of hydrogen-bond donors (Lipinski definition) is 2. The molecule has 1 aromatic carbocycles. The van der Waals surface area contributed by atoms with E-state index in [-0.39, 0.29) is 17.9 Å². The lowest BCUT2D eigenvalue weighted by Gasteiger charge is -2.07. The van der Waals surface area contributed by atoms with Crippen LogP contribution in [0.25, 0.3) is 0 Å². The van der Waals surface area contributed by atoms with Crippen molar-refractivity contribution in [2.24, 2.45) is 0 Å². The van der Waals surface area contributed by atoms with Crippen LogP contribution in [0.2, 0.25) is 0 Å². The second-order valence-electron chi connectivity index (χ2n) is 3.93. The number of ether oxygens (including phenoxy) is 1. The molecule has 0 radical (unpaired) electrons. The van der Waals surface area contributed by atoms with Gasteiger partial charge in [0.2, 0.25) is 5.89 Å². The van der Waals surface area contributed by atoms with E-state index in [2.05, 4.69) is 10.3 Å². The molecule has 1 aromatic heterocycles. The van der Waals surface area contributed by atoms with E-state index in [1.54, 1.807) is 19.2 Å². The molecule has 6 nitrogen and oxygen atoms in total. The van der Waals surface area contributed by atoms with Gasteiger partial charge in [0.25, 0.3) is 5.91 Å². The fourth-order valence-electron chi connectivity index (χ4n) is 1.56. The van der Waals surface area contributed by atoms with Crippen molar-refractivity contribution >= 4 is 5.91 Å². The minimum atomic E-state index is -0.424. The molecule has 0 spiro atoms. The molecule has 0 bridgehead atoms. The standard InChI is InChI=1S/C13H14N2O4/c1-8-6-14-12(19-8)7-15-13(17)10-5-9(18-2)3-4-11(10)16/h3-6,16H,7H2,1-2H3,(H,15,17). The first-order valence-corrected chi connectivity index (χ1v) is 5.66. The zero-order valence-electron chi connectivity index (χ0n) is 10.6. The monoisotopic (exact) mass is 262 g/mol. The van der Waals surface area contributed by atoms with Crippen molar-refractivity contribution in [2.75, 3.05) is 7.11 Å². The smallest absolute Gasteiger partial charge is 0.255 e. The van der Waals surface area contributed by atoms with Crippen molar-refractivity contribution in [1.29, 1.82) is 0 Å². The third-order valence-electron chi connectivity index (χ3n) is 2.52. The summed E-state index contributed by atoms with van der Waals surface area (Å²) >= 11 is 0. The van der Waals surface area contributed by atoms with E-state index < -0.39 is 5.91 Å². The number of carbonyl (C=O) groups is 1. The average molecular weight is 262 g/mol. The van der Waals surface area contributed by atoms with Crippen molar-refractivity contribution < 1.29 is 19.1 Å². The maximum absolute atomic E-state index is 11.9. The second kappa shape index (κ2) is 5.43. The topological polar surface area (TPSA) is 84.6 Å². The molecular formula is C13H14N2O4. The number of hydrogen-bond acceptors (Lipinski definition) is 5. The van der Waals surface area contributed by atoms with Gasteiger partial charge in [0.05, 0.1) is 25.4 Å². The molecule has 2 N–H and O–H groups in total. The highest BCUT2D eigenvalue weighted by molar-refractivity contribution is 5.97. The predicted molar refractivity (Wildman–Crippen MR) is 67.1 cm³/mol. The Morgan fingerprint density at radius 1 is 1.53 bits per heavy atom. The van der Waals surface area contributed by atoms with E-state index in [1.165, 1.54) is 19.2 Å². The molecule has 100 valence electrons. The number of phenolic OH excluding ortho intramolecular Hbond substituents is 1. The first-order valence-electron chi connectivity index (χ1n) is 5.66. The molecule has 2 aromatic rings. The summed E-state index contributed by atoms with van der Waals surface area (Å²) in [7, 11) is 1.49. The van der Waals surface area contributed by atoms with E-state index in [4.69, 9.17) is 9.15 Å². The lowest BCUT2D eigenvalue weighted by Crippen LogP contribution is -2.23. The van der Waals surface area contributed by atoms with Crippen LogP contribution in [0.15, 0.2) is 28.8 Å². The Kier molecular flexibility index (Phi) is 3.70. The lowest BCUT2D eigenvalue weighted by atomic mass is 10.2. The summed E-state index contributed by atoms with van der Waals surface area (Å²) < 4.78 is 10.2. The van der Waals surface area contributed by atoms with E-state index in [0.29, 0.717) is 17.4 Å². The van der Waals surface area contributed by atoms with Crippen molar-refractivity contribution in [1.82, 2.24) is 10.3 Å². The Morgan fingerprint density at radius 2 is 2.32 bits per heavy atom. The van der Waals surface area contributed by atoms with Crippen LogP contribution in [-0.2, 0) is 6.54 Å². The third-order valence-corrected chi connectivity index (χ3v) is 2.52. The Labute approximate surface area is 110 Å². The minimum absolute atomic E-state index is 0.109. The van der Waals surface area contributed by atoms with Gasteiger partial charge >= 0.3 is 0 Å². The van der Waals surface area contributed by atoms with Crippen LogP contribution < -0.4 is 10.1 Å². The van der Waals surface area contributed by atoms with Gasteiger partial charge < -0.3 is 19.6 Å². The van der Waals surface area contributed by atoms with Gasteiger partial charge in [-0.05, 0) is 25.1 Å². The number of aromatic nitrogens is 1. The Morgan fingerprint density at radius 3 is 2.95 bits per heavy atom. The number of aromatic hydroxyl groups is 1. The molecular weight excluding hydrogens is 248 g/mol. The number of nitrogens with zero attached hydrogens (tertiary/aromatic N) is 1. The summed E-state index contributed by atoms with van der Waals surface area (Å²) in [5, 5.41) is 12.3. The number of nitrogens with one attached hydrogen (secondary N) is 1. The fraction of sp³-hybridized carbons (Fsp3) is 0.231. The summed E-state index contributed by atoms with van der Waals surface area (Å²) in [5.74, 6) is 1.05. The number of aryl methyl sites for hydroxylation is 1. The van der Waals surface area contributed by atoms with Crippen LogP contribution >= 0.6 is 0 Å². The third kappa shape index (κ3) is 3.04. The molecule has 0 aliphatic rings. The number of rotatable bonds is 4. The van der Waals surface area contributed by atoms with Crippen molar-refractivity contribution in [3.05, 3.63) is 41.6 Å². The summed E-state index contributed by atoms with van der Waals surface area (Å²) in [6.07, 6.45) is 1.57. The van der Waals surface area contributed by atoms with Crippen LogP contribution in [0.3, 0.4) is 0 Å². The molecule has 1 heterocycles. The van der Waals surface area contributed by atoms with Gasteiger partial charge in [0, 0.05) is 0 Å². The molecule has 1 amide bonds. The van der Waals surface area contributed by atoms with Crippen molar-refractivity contribution in [3.63, 3.8) is 0 Å². The number of phenols is 1. The molecule has 0 unspecified atom stereocenters. The average Bonchev–Trinajstić information content (AvgIpc) is 2.82. The van der Waals surface area contributed by atoms with Crippen LogP contribution in [0.1, 0.15) is 22.0 Å². The first kappa shape index (κ1) is 12.9. The minimum Gasteiger partial charge on any atom is -0.507 e. The highest BCUT2D eigenvalue weighted by Gasteiger charge is 2.13. The summed E-state index contributed by atoms with van der Waals surface area (Å²) in [6.45, 7) is 1.93. The van der Waals surface area contributed by atoms with Gasteiger partial charge in [-0.1, -0.05) is 0 Å². The van der Waals surface area contributed by atoms with Gasteiger partial charge in [-0.15, -0.1) is 0 Å². The van der Waals surface area contributed by atoms with Gasteiger partial charge in [0.15, 0.2) is 0 Å². The zero-order valence-corrected chi connectivity index (χ0v) is 10.6. The number of carbonyl (C=O) groups excluding carboxylic acids is 1. The number of oxazole rings is 1. The van der Waals surface area contributed by atoms with E-state index in [9.17, 15) is 9.90 Å². The molecule has 2 rings (SSSR count). The summed E-state index contributed by atoms with van der Waals surface area (Å²) in [6, 6.07) is 4.44. The van der Waals surface area contributed by atoms with Crippen LogP contribution in [0.4, 0.5) is 0 Å². The van der Waals surface area contributed by atoms with Gasteiger partial charge in [-0.3, -0.25) is 4.79 Å². The lowest BCUT2D eigenvalue weighted by molar-refractivity contribution is 0.0944. The summed E-state index contributed by atoms with van der Waals surface area (Å²) in [4.78, 5) is 15.9. The maximum Gasteiger partial charge on any atom is 0.255 e. The molecule has 0 saturated carbocycles. The number of amides is 1. The number of methoxy groups -OCH3 is 1. The van der Waals surface area contributed by atoms with E-state index in [1.807, 2.05) is 0 Å². The van der Waals surface area contributed by atoms with Gasteiger partial charge in [0.1, 0.15) is 17.3 Å².